The first-order chi connectivity index (χ1) is 14.7. The van der Waals surface area contributed by atoms with Crippen molar-refractivity contribution in [3.8, 4) is 0 Å². The smallest absolute Gasteiger partial charge is 0.178 e. The molecule has 1 N–H and O–H groups in total. The van der Waals surface area contributed by atoms with E-state index in [0.717, 1.165) is 41.7 Å². The van der Waals surface area contributed by atoms with Crippen LogP contribution in [0, 0.1) is 11.3 Å². The van der Waals surface area contributed by atoms with Crippen molar-refractivity contribution in [2.75, 3.05) is 5.75 Å². The number of ketones is 1. The number of nitrogens with one attached hydrogen (secondary N) is 1. The van der Waals surface area contributed by atoms with Crippen LogP contribution in [0.2, 0.25) is 0 Å². The summed E-state index contributed by atoms with van der Waals surface area (Å²) in [5.74, 6) is 0.607. The Bertz CT molecular complexity index is 1160. The molecular formula is C24H29N3O3S. The molecule has 7 heteroatoms. The minimum Gasteiger partial charge on any atom is -0.362 e. The van der Waals surface area contributed by atoms with E-state index in [1.54, 1.807) is 18.3 Å². The Balaban J connectivity index is 1.70. The molecular weight excluding hydrogens is 410 g/mol. The van der Waals surface area contributed by atoms with Gasteiger partial charge in [-0.25, -0.2) is 8.42 Å². The fourth-order valence-electron chi connectivity index (χ4n) is 5.54. The van der Waals surface area contributed by atoms with Crippen LogP contribution < -0.4 is 5.32 Å². The van der Waals surface area contributed by atoms with Crippen molar-refractivity contribution in [3.05, 3.63) is 52.9 Å². The van der Waals surface area contributed by atoms with E-state index in [1.807, 2.05) is 12.1 Å². The van der Waals surface area contributed by atoms with Crippen LogP contribution in [0.4, 0.5) is 0 Å². The number of Topliss-reactive ketones (excluding diaryl/α,β-unsaturated/α-hetero) is 1. The molecule has 5 rings (SSSR count). The van der Waals surface area contributed by atoms with E-state index < -0.39 is 15.3 Å². The lowest BCUT2D eigenvalue weighted by molar-refractivity contribution is -0.119. The molecule has 1 aromatic rings. The number of carbonyl (C=O) groups is 1. The largest absolute Gasteiger partial charge is 0.362 e. The molecule has 0 saturated heterocycles. The molecule has 0 amide bonds. The summed E-state index contributed by atoms with van der Waals surface area (Å²) in [6.45, 7) is 6.28. The second-order valence-corrected chi connectivity index (χ2v) is 12.2. The zero-order valence-corrected chi connectivity index (χ0v) is 19.1. The third kappa shape index (κ3) is 3.28. The van der Waals surface area contributed by atoms with Gasteiger partial charge in [-0.1, -0.05) is 32.9 Å². The molecule has 2 atom stereocenters. The van der Waals surface area contributed by atoms with Crippen LogP contribution in [0.3, 0.4) is 0 Å². The Hall–Kier alpha value is -2.28. The molecule has 4 aliphatic rings. The zero-order chi connectivity index (χ0) is 22.0. The number of nitrogens with zero attached hydrogens (tertiary/aromatic N) is 2. The van der Waals surface area contributed by atoms with Gasteiger partial charge in [-0.2, -0.15) is 10.2 Å². The topological polar surface area (TPSA) is 88.0 Å². The van der Waals surface area contributed by atoms with Gasteiger partial charge in [-0.05, 0) is 54.7 Å². The third-order valence-electron chi connectivity index (χ3n) is 7.15. The zero-order valence-electron chi connectivity index (χ0n) is 18.3. The maximum atomic E-state index is 13.5. The van der Waals surface area contributed by atoms with Gasteiger partial charge in [0.2, 0.25) is 0 Å². The molecule has 2 heterocycles. The maximum Gasteiger partial charge on any atom is 0.178 e. The van der Waals surface area contributed by atoms with Crippen LogP contribution in [-0.4, -0.2) is 26.1 Å². The quantitative estimate of drug-likeness (QED) is 0.735. The van der Waals surface area contributed by atoms with E-state index in [9.17, 15) is 13.2 Å². The van der Waals surface area contributed by atoms with Crippen molar-refractivity contribution >= 4 is 15.6 Å². The van der Waals surface area contributed by atoms with Gasteiger partial charge >= 0.3 is 0 Å². The third-order valence-corrected chi connectivity index (χ3v) is 9.03. The minimum absolute atomic E-state index is 0.123. The first kappa shape index (κ1) is 20.6. The lowest BCUT2D eigenvalue weighted by Gasteiger charge is -2.47. The van der Waals surface area contributed by atoms with Gasteiger partial charge in [0.15, 0.2) is 21.8 Å². The Kier molecular flexibility index (Phi) is 4.56. The second-order valence-electron chi connectivity index (χ2n) is 10.2. The molecule has 2 aliphatic carbocycles. The Morgan fingerprint density at radius 2 is 1.97 bits per heavy atom. The van der Waals surface area contributed by atoms with Crippen molar-refractivity contribution in [2.24, 2.45) is 21.6 Å². The first-order valence-electron chi connectivity index (χ1n) is 11.1. The molecule has 2 aliphatic heterocycles. The Labute approximate surface area is 183 Å². The summed E-state index contributed by atoms with van der Waals surface area (Å²) >= 11 is 0. The van der Waals surface area contributed by atoms with Crippen molar-refractivity contribution in [1.29, 1.82) is 0 Å². The number of allylic oxidation sites excluding steroid dienone is 2. The number of rotatable bonds is 5. The maximum absolute atomic E-state index is 13.5. The van der Waals surface area contributed by atoms with Gasteiger partial charge in [0, 0.05) is 23.3 Å². The van der Waals surface area contributed by atoms with Gasteiger partial charge < -0.3 is 5.32 Å². The number of azo groups is 1. The number of hydrogen-bond donors (Lipinski definition) is 1. The van der Waals surface area contributed by atoms with E-state index in [2.05, 4.69) is 36.3 Å². The molecule has 0 spiro atoms. The van der Waals surface area contributed by atoms with Gasteiger partial charge in [0.05, 0.1) is 22.3 Å². The highest BCUT2D eigenvalue weighted by atomic mass is 32.2. The van der Waals surface area contributed by atoms with Crippen molar-refractivity contribution in [1.82, 2.24) is 5.32 Å². The van der Waals surface area contributed by atoms with Crippen molar-refractivity contribution in [3.63, 3.8) is 0 Å². The van der Waals surface area contributed by atoms with Crippen LogP contribution in [0.25, 0.3) is 0 Å². The van der Waals surface area contributed by atoms with E-state index in [1.165, 1.54) is 0 Å². The average molecular weight is 440 g/mol. The van der Waals surface area contributed by atoms with Gasteiger partial charge in [0.1, 0.15) is 0 Å². The van der Waals surface area contributed by atoms with Crippen LogP contribution in [0.5, 0.6) is 0 Å². The molecule has 1 saturated carbocycles. The highest BCUT2D eigenvalue weighted by molar-refractivity contribution is 7.91. The van der Waals surface area contributed by atoms with Crippen molar-refractivity contribution < 1.29 is 13.2 Å². The number of hydrogen-bond acceptors (Lipinski definition) is 6. The van der Waals surface area contributed by atoms with E-state index in [-0.39, 0.29) is 29.0 Å². The van der Waals surface area contributed by atoms with Crippen molar-refractivity contribution in [2.45, 2.75) is 69.4 Å². The van der Waals surface area contributed by atoms with Gasteiger partial charge in [-0.3, -0.25) is 4.79 Å². The molecule has 1 fully saturated rings. The number of benzene rings is 1. The van der Waals surface area contributed by atoms with Crippen LogP contribution in [0.1, 0.15) is 58.4 Å². The van der Waals surface area contributed by atoms with Crippen LogP contribution >= 0.6 is 0 Å². The standard InChI is InChI=1S/C24H29N3O3S/c1-4-24(16-6-5-7-17(10-16)31(29,30)14-15-8-9-15)18-13-25-27-22(18)26-19-11-23(2,3)12-20(28)21(19)24/h5-7,10,13,15,22,26H,4,8-9,11-12,14H2,1-3H3/t22?,24-/m0/s1. The van der Waals surface area contributed by atoms with Gasteiger partial charge in [0.25, 0.3) is 0 Å². The molecule has 6 nitrogen and oxygen atoms in total. The molecule has 0 aromatic heterocycles. The molecule has 0 radical (unpaired) electrons. The molecule has 31 heavy (non-hydrogen) atoms. The number of carbonyl (C=O) groups excluding carboxylic acids is 1. The predicted molar refractivity (Wildman–Crippen MR) is 118 cm³/mol. The highest BCUT2D eigenvalue weighted by Crippen LogP contribution is 2.53. The molecule has 164 valence electrons. The van der Waals surface area contributed by atoms with Crippen LogP contribution in [0.15, 0.2) is 62.4 Å². The van der Waals surface area contributed by atoms with Crippen LogP contribution in [-0.2, 0) is 20.0 Å². The van der Waals surface area contributed by atoms with E-state index >= 15 is 0 Å². The highest BCUT2D eigenvalue weighted by Gasteiger charge is 2.53. The summed E-state index contributed by atoms with van der Waals surface area (Å²) in [6, 6.07) is 7.24. The number of fused-ring (bicyclic) bond motifs is 1. The Morgan fingerprint density at radius 3 is 2.68 bits per heavy atom. The summed E-state index contributed by atoms with van der Waals surface area (Å²) in [5.41, 5.74) is 2.62. The molecule has 1 unspecified atom stereocenters. The lowest BCUT2D eigenvalue weighted by atomic mass is 9.59. The number of sulfone groups is 1. The normalized spacial score (nSPS) is 29.3. The summed E-state index contributed by atoms with van der Waals surface area (Å²) in [6.07, 6.45) is 5.29. The second kappa shape index (κ2) is 6.86. The average Bonchev–Trinajstić information content (AvgIpc) is 3.37. The fraction of sp³-hybridized carbons (Fsp3) is 0.542. The fourth-order valence-corrected chi connectivity index (χ4v) is 7.28. The lowest BCUT2D eigenvalue weighted by Crippen LogP contribution is -2.51. The molecule has 1 aromatic carbocycles. The van der Waals surface area contributed by atoms with Gasteiger partial charge in [-0.15, -0.1) is 0 Å². The summed E-state index contributed by atoms with van der Waals surface area (Å²) in [4.78, 5) is 13.9. The van der Waals surface area contributed by atoms with E-state index in [0.29, 0.717) is 17.7 Å². The minimum atomic E-state index is -3.36. The monoisotopic (exact) mass is 439 g/mol. The predicted octanol–water partition coefficient (Wildman–Crippen LogP) is 4.44. The Morgan fingerprint density at radius 1 is 1.19 bits per heavy atom. The summed E-state index contributed by atoms with van der Waals surface area (Å²) in [5, 5.41) is 12.0. The summed E-state index contributed by atoms with van der Waals surface area (Å²) in [7, 11) is -3.36. The van der Waals surface area contributed by atoms with E-state index in [4.69, 9.17) is 0 Å². The summed E-state index contributed by atoms with van der Waals surface area (Å²) < 4.78 is 26.1. The SMILES string of the molecule is CC[C@]1(c2cccc(S(=O)(=O)CC3CC3)c2)C2=CN=NC2NC2=C1C(=O)CC(C)(C)C2. The first-order valence-corrected chi connectivity index (χ1v) is 12.8. The molecule has 0 bridgehead atoms.